The van der Waals surface area contributed by atoms with Crippen molar-refractivity contribution in [3.63, 3.8) is 0 Å². The van der Waals surface area contributed by atoms with Crippen LogP contribution in [0.15, 0.2) is 18.2 Å². The highest BCUT2D eigenvalue weighted by Crippen LogP contribution is 2.29. The van der Waals surface area contributed by atoms with E-state index in [0.29, 0.717) is 23.6 Å². The number of carbonyl (C=O) groups excluding carboxylic acids is 2. The maximum Gasteiger partial charge on any atom is 0.341 e. The molecule has 1 aliphatic rings. The second kappa shape index (κ2) is 6.19. The topological polar surface area (TPSA) is 81.4 Å². The van der Waals surface area contributed by atoms with Gasteiger partial charge in [-0.2, -0.15) is 0 Å². The molecule has 0 aromatic carbocycles. The largest absolute Gasteiger partial charge is 0.462 e. The van der Waals surface area contributed by atoms with Crippen LogP contribution < -0.4 is 11.1 Å². The molecule has 1 aromatic rings. The molecule has 1 amide bonds. The molecule has 0 saturated carbocycles. The molecule has 1 aromatic heterocycles. The molecule has 6 heteroatoms. The van der Waals surface area contributed by atoms with E-state index >= 15 is 0 Å². The average molecular weight is 294 g/mol. The number of nitrogens with one attached hydrogen (secondary N) is 1. The summed E-state index contributed by atoms with van der Waals surface area (Å²) in [5.74, 6) is -0.783. The fraction of sp³-hybridized carbons (Fsp3) is 0.429. The number of amides is 1. The van der Waals surface area contributed by atoms with Gasteiger partial charge in [-0.3, -0.25) is 4.79 Å². The van der Waals surface area contributed by atoms with Gasteiger partial charge in [-0.1, -0.05) is 12.2 Å². The predicted octanol–water partition coefficient (Wildman–Crippen LogP) is 2.08. The zero-order chi connectivity index (χ0) is 14.7. The number of anilines is 1. The summed E-state index contributed by atoms with van der Waals surface area (Å²) in [4.78, 5) is 24.9. The number of esters is 1. The zero-order valence-electron chi connectivity index (χ0n) is 11.5. The van der Waals surface area contributed by atoms with Crippen LogP contribution >= 0.6 is 11.3 Å². The van der Waals surface area contributed by atoms with E-state index < -0.39 is 5.97 Å². The van der Waals surface area contributed by atoms with Crippen LogP contribution in [0.1, 0.15) is 28.6 Å². The highest BCUT2D eigenvalue weighted by molar-refractivity contribution is 7.16. The highest BCUT2D eigenvalue weighted by atomic mass is 32.1. The summed E-state index contributed by atoms with van der Waals surface area (Å²) in [6.07, 6.45) is 4.24. The summed E-state index contributed by atoms with van der Waals surface area (Å²) in [7, 11) is 0. The van der Waals surface area contributed by atoms with E-state index in [1.54, 1.807) is 13.0 Å². The first-order chi connectivity index (χ1) is 9.51. The molecule has 5 nitrogen and oxygen atoms in total. The van der Waals surface area contributed by atoms with Crippen molar-refractivity contribution in [3.05, 3.63) is 28.7 Å². The molecule has 1 heterocycles. The van der Waals surface area contributed by atoms with Crippen molar-refractivity contribution in [2.24, 2.45) is 11.7 Å². The maximum atomic E-state index is 12.1. The zero-order valence-corrected chi connectivity index (χ0v) is 12.3. The first-order valence-corrected chi connectivity index (χ1v) is 7.35. The Morgan fingerprint density at radius 3 is 2.85 bits per heavy atom. The summed E-state index contributed by atoms with van der Waals surface area (Å²) < 4.78 is 4.99. The van der Waals surface area contributed by atoms with Gasteiger partial charge in [0.25, 0.3) is 0 Å². The van der Waals surface area contributed by atoms with E-state index in [2.05, 4.69) is 5.32 Å². The average Bonchev–Trinajstić information content (AvgIpc) is 2.96. The molecule has 1 aliphatic carbocycles. The first kappa shape index (κ1) is 14.7. The molecule has 0 spiro atoms. The smallest absolute Gasteiger partial charge is 0.341 e. The van der Waals surface area contributed by atoms with Crippen molar-refractivity contribution in [2.75, 3.05) is 11.9 Å². The molecular formula is C14H18N2O3S. The van der Waals surface area contributed by atoms with Crippen LogP contribution in [0.3, 0.4) is 0 Å². The van der Waals surface area contributed by atoms with Crippen molar-refractivity contribution < 1.29 is 14.3 Å². The van der Waals surface area contributed by atoms with Gasteiger partial charge in [0.1, 0.15) is 5.00 Å². The summed E-state index contributed by atoms with van der Waals surface area (Å²) in [6, 6.07) is 1.66. The van der Waals surface area contributed by atoms with E-state index in [0.717, 1.165) is 4.88 Å². The predicted molar refractivity (Wildman–Crippen MR) is 78.9 cm³/mol. The van der Waals surface area contributed by atoms with Gasteiger partial charge in [-0.25, -0.2) is 4.79 Å². The standard InChI is InChI=1S/C14H18N2O3S/c1-3-19-14(18)11-6-8(2)20-13(11)16-12(17)9-4-5-10(15)7-9/h4-6,9-10H,3,7,15H2,1-2H3,(H,16,17). The Balaban J connectivity index is 2.11. The summed E-state index contributed by atoms with van der Waals surface area (Å²) in [6.45, 7) is 3.94. The minimum atomic E-state index is -0.411. The summed E-state index contributed by atoms with van der Waals surface area (Å²) >= 11 is 1.37. The van der Waals surface area contributed by atoms with Gasteiger partial charge in [0.2, 0.25) is 5.91 Å². The Kier molecular flexibility index (Phi) is 4.57. The van der Waals surface area contributed by atoms with E-state index in [-0.39, 0.29) is 17.9 Å². The van der Waals surface area contributed by atoms with Crippen LogP contribution in [-0.4, -0.2) is 24.5 Å². The van der Waals surface area contributed by atoms with E-state index in [4.69, 9.17) is 10.5 Å². The van der Waals surface area contributed by atoms with E-state index in [1.165, 1.54) is 11.3 Å². The second-order valence-electron chi connectivity index (χ2n) is 4.70. The van der Waals surface area contributed by atoms with Gasteiger partial charge in [-0.05, 0) is 26.3 Å². The van der Waals surface area contributed by atoms with Gasteiger partial charge in [0.15, 0.2) is 0 Å². The first-order valence-electron chi connectivity index (χ1n) is 6.53. The Labute approximate surface area is 121 Å². The fourth-order valence-corrected chi connectivity index (χ4v) is 3.00. The van der Waals surface area contributed by atoms with Crippen LogP contribution in [0.4, 0.5) is 5.00 Å². The van der Waals surface area contributed by atoms with Crippen LogP contribution in [-0.2, 0) is 9.53 Å². The lowest BCUT2D eigenvalue weighted by atomic mass is 10.1. The van der Waals surface area contributed by atoms with Crippen LogP contribution in [0.5, 0.6) is 0 Å². The van der Waals surface area contributed by atoms with Crippen molar-refractivity contribution >= 4 is 28.2 Å². The third kappa shape index (κ3) is 3.26. The lowest BCUT2D eigenvalue weighted by Crippen LogP contribution is -2.24. The Bertz CT molecular complexity index is 551. The highest BCUT2D eigenvalue weighted by Gasteiger charge is 2.25. The molecule has 0 aliphatic heterocycles. The van der Waals surface area contributed by atoms with Crippen molar-refractivity contribution in [2.45, 2.75) is 26.3 Å². The Hall–Kier alpha value is -1.66. The third-order valence-corrected chi connectivity index (χ3v) is 4.01. The van der Waals surface area contributed by atoms with Crippen LogP contribution in [0, 0.1) is 12.8 Å². The molecular weight excluding hydrogens is 276 g/mol. The molecule has 20 heavy (non-hydrogen) atoms. The molecule has 108 valence electrons. The molecule has 2 atom stereocenters. The molecule has 2 rings (SSSR count). The SMILES string of the molecule is CCOC(=O)c1cc(C)sc1NC(=O)C1C=CC(N)C1. The van der Waals surface area contributed by atoms with Crippen LogP contribution in [0.2, 0.25) is 0 Å². The Morgan fingerprint density at radius 2 is 2.25 bits per heavy atom. The number of hydrogen-bond donors (Lipinski definition) is 2. The second-order valence-corrected chi connectivity index (χ2v) is 5.96. The maximum absolute atomic E-state index is 12.1. The number of nitrogens with two attached hydrogens (primary N) is 1. The number of rotatable bonds is 4. The van der Waals surface area contributed by atoms with E-state index in [9.17, 15) is 9.59 Å². The number of thiophene rings is 1. The van der Waals surface area contributed by atoms with Crippen molar-refractivity contribution in [3.8, 4) is 0 Å². The minimum absolute atomic E-state index is 0.0691. The number of hydrogen-bond acceptors (Lipinski definition) is 5. The molecule has 0 radical (unpaired) electrons. The van der Waals surface area contributed by atoms with Crippen molar-refractivity contribution in [1.29, 1.82) is 0 Å². The quantitative estimate of drug-likeness (QED) is 0.658. The molecule has 0 saturated heterocycles. The van der Waals surface area contributed by atoms with Gasteiger partial charge in [-0.15, -0.1) is 11.3 Å². The molecule has 0 bridgehead atoms. The summed E-state index contributed by atoms with van der Waals surface area (Å²) in [5.41, 5.74) is 6.15. The third-order valence-electron chi connectivity index (χ3n) is 3.04. The lowest BCUT2D eigenvalue weighted by Gasteiger charge is -2.10. The summed E-state index contributed by atoms with van der Waals surface area (Å²) in [5, 5.41) is 3.35. The molecule has 0 fully saturated rings. The Morgan fingerprint density at radius 1 is 1.50 bits per heavy atom. The number of aryl methyl sites for hydroxylation is 1. The minimum Gasteiger partial charge on any atom is -0.462 e. The van der Waals surface area contributed by atoms with E-state index in [1.807, 2.05) is 19.1 Å². The van der Waals surface area contributed by atoms with Crippen molar-refractivity contribution in [1.82, 2.24) is 0 Å². The monoisotopic (exact) mass is 294 g/mol. The lowest BCUT2D eigenvalue weighted by molar-refractivity contribution is -0.118. The number of ether oxygens (including phenoxy) is 1. The number of carbonyl (C=O) groups is 2. The van der Waals surface area contributed by atoms with Gasteiger partial charge in [0, 0.05) is 10.9 Å². The van der Waals surface area contributed by atoms with Gasteiger partial charge in [0.05, 0.1) is 18.1 Å². The normalized spacial score (nSPS) is 20.9. The molecule has 3 N–H and O–H groups in total. The van der Waals surface area contributed by atoms with Gasteiger partial charge < -0.3 is 15.8 Å². The van der Waals surface area contributed by atoms with Gasteiger partial charge >= 0.3 is 5.97 Å². The van der Waals surface area contributed by atoms with Crippen LogP contribution in [0.25, 0.3) is 0 Å². The molecule has 2 unspecified atom stereocenters. The fourth-order valence-electron chi connectivity index (χ4n) is 2.09.